The Balaban J connectivity index is 1.51. The zero-order valence-corrected chi connectivity index (χ0v) is 39.2. The molecule has 4 aliphatic rings. The highest BCUT2D eigenvalue weighted by atomic mass is 16.8. The van der Waals surface area contributed by atoms with Crippen LogP contribution in [-0.4, -0.2) is 123 Å². The fourth-order valence-corrected chi connectivity index (χ4v) is 9.89. The second-order valence-electron chi connectivity index (χ2n) is 18.5. The van der Waals surface area contributed by atoms with Gasteiger partial charge in [-0.3, -0.25) is 14.4 Å². The van der Waals surface area contributed by atoms with Gasteiger partial charge in [-0.25, -0.2) is 4.79 Å². The first-order chi connectivity index (χ1) is 29.1. The molecule has 0 aromatic heterocycles. The lowest BCUT2D eigenvalue weighted by molar-refractivity contribution is -0.310. The number of Topliss-reactive ketones (excluding diaryl/α,β-unsaturated/α-hetero) is 1. The Morgan fingerprint density at radius 2 is 1.58 bits per heavy atom. The maximum Gasteiger partial charge on any atom is 0.509 e. The monoisotopic (exact) mass is 873 g/mol. The van der Waals surface area contributed by atoms with Crippen LogP contribution in [0.1, 0.15) is 107 Å². The van der Waals surface area contributed by atoms with E-state index in [2.05, 4.69) is 6.92 Å². The fourth-order valence-electron chi connectivity index (χ4n) is 9.89. The molecule has 62 heavy (non-hydrogen) atoms. The summed E-state index contributed by atoms with van der Waals surface area (Å²) in [5.41, 5.74) is -1.21. The summed E-state index contributed by atoms with van der Waals surface area (Å²) in [5, 5.41) is 0. The number of benzene rings is 1. The van der Waals surface area contributed by atoms with Crippen LogP contribution >= 0.6 is 0 Å². The molecule has 16 atom stereocenters. The van der Waals surface area contributed by atoms with Gasteiger partial charge in [-0.1, -0.05) is 58.0 Å². The van der Waals surface area contributed by atoms with E-state index in [0.29, 0.717) is 30.6 Å². The van der Waals surface area contributed by atoms with E-state index in [4.69, 9.17) is 47.4 Å². The van der Waals surface area contributed by atoms with Crippen molar-refractivity contribution in [3.8, 4) is 0 Å². The second kappa shape index (κ2) is 20.5. The number of methoxy groups -OCH3 is 1. The molecule has 4 aliphatic heterocycles. The van der Waals surface area contributed by atoms with Crippen molar-refractivity contribution in [2.75, 3.05) is 21.2 Å². The Morgan fingerprint density at radius 1 is 0.903 bits per heavy atom. The summed E-state index contributed by atoms with van der Waals surface area (Å²) in [6, 6.07) is 9.07. The molecule has 3 saturated heterocycles. The van der Waals surface area contributed by atoms with Crippen molar-refractivity contribution in [3.63, 3.8) is 0 Å². The number of nitrogens with zero attached hydrogens (tertiary/aromatic N) is 1. The molecule has 348 valence electrons. The quantitative estimate of drug-likeness (QED) is 0.166. The lowest BCUT2D eigenvalue weighted by Crippen LogP contribution is -2.59. The molecule has 3 fully saturated rings. The molecule has 0 saturated carbocycles. The highest BCUT2D eigenvalue weighted by molar-refractivity contribution is 6.04. The van der Waals surface area contributed by atoms with E-state index in [-0.39, 0.29) is 42.8 Å². The highest BCUT2D eigenvalue weighted by Crippen LogP contribution is 2.44. The predicted molar refractivity (Wildman–Crippen MR) is 226 cm³/mol. The first kappa shape index (κ1) is 49.4. The number of ether oxygens (including phenoxy) is 10. The molecule has 2 bridgehead atoms. The molecular weight excluding hydrogens is 803 g/mol. The van der Waals surface area contributed by atoms with Gasteiger partial charge in [0.05, 0.1) is 36.4 Å². The number of rotatable bonds is 11. The average Bonchev–Trinajstić information content (AvgIpc) is 3.46. The van der Waals surface area contributed by atoms with Crippen LogP contribution in [0.15, 0.2) is 41.7 Å². The van der Waals surface area contributed by atoms with Gasteiger partial charge in [0.2, 0.25) is 11.4 Å². The maximum atomic E-state index is 14.5. The normalized spacial score (nSPS) is 39.5. The van der Waals surface area contributed by atoms with Gasteiger partial charge in [-0.15, -0.1) is 0 Å². The summed E-state index contributed by atoms with van der Waals surface area (Å²) in [5.74, 6) is -2.68. The van der Waals surface area contributed by atoms with Gasteiger partial charge in [0.1, 0.15) is 24.1 Å². The lowest BCUT2D eigenvalue weighted by atomic mass is 9.79. The molecule has 0 N–H and O–H groups in total. The molecule has 0 unspecified atom stereocenters. The van der Waals surface area contributed by atoms with E-state index >= 15 is 0 Å². The number of fused-ring (bicyclic) bond motifs is 2. The summed E-state index contributed by atoms with van der Waals surface area (Å²) in [4.78, 5) is 56.1. The highest BCUT2D eigenvalue weighted by Gasteiger charge is 2.55. The van der Waals surface area contributed by atoms with Gasteiger partial charge < -0.3 is 52.3 Å². The Hall–Kier alpha value is -3.60. The molecular formula is C47H71NO14. The van der Waals surface area contributed by atoms with Gasteiger partial charge in [0.25, 0.3) is 0 Å². The average molecular weight is 874 g/mol. The number of carbonyl (C=O) groups is 4. The molecule has 1 aromatic rings. The van der Waals surface area contributed by atoms with E-state index in [1.807, 2.05) is 83.9 Å². The van der Waals surface area contributed by atoms with Crippen molar-refractivity contribution in [3.05, 3.63) is 47.2 Å². The third-order valence-electron chi connectivity index (χ3n) is 13.4. The van der Waals surface area contributed by atoms with Gasteiger partial charge in [0, 0.05) is 37.9 Å². The Labute approximate surface area is 367 Å². The third kappa shape index (κ3) is 10.8. The van der Waals surface area contributed by atoms with Crippen molar-refractivity contribution in [1.82, 2.24) is 4.90 Å². The zero-order valence-electron chi connectivity index (χ0n) is 39.2. The minimum atomic E-state index is -1.42. The van der Waals surface area contributed by atoms with Crippen LogP contribution in [0.2, 0.25) is 0 Å². The molecule has 0 radical (unpaired) electrons. The third-order valence-corrected chi connectivity index (χ3v) is 13.4. The van der Waals surface area contributed by atoms with Gasteiger partial charge >= 0.3 is 18.1 Å². The lowest BCUT2D eigenvalue weighted by Gasteiger charge is -2.48. The van der Waals surface area contributed by atoms with Crippen LogP contribution in [0.3, 0.4) is 0 Å². The summed E-state index contributed by atoms with van der Waals surface area (Å²) in [7, 11) is 5.38. The van der Waals surface area contributed by atoms with E-state index in [9.17, 15) is 19.2 Å². The molecule has 0 aliphatic carbocycles. The number of hydrogen-bond donors (Lipinski definition) is 0. The van der Waals surface area contributed by atoms with Crippen LogP contribution in [0, 0.1) is 23.7 Å². The van der Waals surface area contributed by atoms with Crippen LogP contribution in [0.4, 0.5) is 4.79 Å². The number of cyclic esters (lactones) is 1. The van der Waals surface area contributed by atoms with Gasteiger partial charge in [-0.05, 0) is 86.4 Å². The molecule has 0 spiro atoms. The Morgan fingerprint density at radius 3 is 2.19 bits per heavy atom. The van der Waals surface area contributed by atoms with Gasteiger partial charge in [-0.2, -0.15) is 0 Å². The van der Waals surface area contributed by atoms with Crippen molar-refractivity contribution < 1.29 is 66.5 Å². The number of allylic oxidation sites excluding steroid dienone is 1. The van der Waals surface area contributed by atoms with E-state index in [1.54, 1.807) is 27.7 Å². The molecule has 4 heterocycles. The van der Waals surface area contributed by atoms with E-state index in [1.165, 1.54) is 14.0 Å². The first-order valence-corrected chi connectivity index (χ1v) is 22.2. The SMILES string of the molecule is CC[C@@H]1OC(=O)[C@H](C)[C@H](O[C@H]2C[C@@](C)(OC)[C@@H](OC(=O)OCc3ccccc3)[C@H](C)O2)[C@H](C)[C@@H](O[C@@H]2O[C@H](C)C[C@H](N(C)C)[C@H]2OC(C)=O)[C@H](C)C[C@@H](C)C2=C(C)C(=O)[C@@]1(C)O2. The standard InChI is InChI=1S/C47H71NO14/c1-15-35-47(11)41(50)29(6)38(62-47)26(3)21-25(2)37(60-44-40(57-32(9)49)34(48(12)13)22-27(4)55-44)28(5)39(30(7)43(51)58-35)59-36-23-46(10,53-14)42(31(8)56-36)61-45(52)54-24-33-19-17-16-18-20-33/h16-20,25-28,30-31,34-37,39-40,42,44H,15,21-24H2,1-14H3/t25-,26-,27-,28-,30-,31+,34+,35+,36+,37+,39-,40-,42+,44+,46-,47+/m1/s1. The van der Waals surface area contributed by atoms with Crippen LogP contribution in [0.5, 0.6) is 0 Å². The maximum absolute atomic E-state index is 14.5. The minimum Gasteiger partial charge on any atom is -0.479 e. The van der Waals surface area contributed by atoms with Crippen LogP contribution in [0.25, 0.3) is 0 Å². The summed E-state index contributed by atoms with van der Waals surface area (Å²) in [6.45, 7) is 20.0. The Kier molecular flexibility index (Phi) is 16.3. The first-order valence-electron chi connectivity index (χ1n) is 22.2. The Bertz CT molecular complexity index is 1750. The van der Waals surface area contributed by atoms with E-state index in [0.717, 1.165) is 5.56 Å². The zero-order chi connectivity index (χ0) is 45.8. The molecule has 1 aromatic carbocycles. The summed E-state index contributed by atoms with van der Waals surface area (Å²) < 4.78 is 63.0. The molecule has 0 amide bonds. The number of likely N-dealkylation sites (N-methyl/N-ethyl adjacent to an activating group) is 1. The minimum absolute atomic E-state index is 0.0306. The fraction of sp³-hybridized carbons (Fsp3) is 0.745. The smallest absolute Gasteiger partial charge is 0.479 e. The predicted octanol–water partition coefficient (Wildman–Crippen LogP) is 6.92. The number of ketones is 1. The van der Waals surface area contributed by atoms with Gasteiger partial charge in [0.15, 0.2) is 24.8 Å². The number of carbonyl (C=O) groups excluding carboxylic acids is 4. The van der Waals surface area contributed by atoms with Crippen LogP contribution in [-0.2, 0) is 68.4 Å². The summed E-state index contributed by atoms with van der Waals surface area (Å²) in [6.07, 6.45) is -6.31. The number of hydrogen-bond acceptors (Lipinski definition) is 15. The largest absolute Gasteiger partial charge is 0.509 e. The van der Waals surface area contributed by atoms with Crippen molar-refractivity contribution in [2.24, 2.45) is 23.7 Å². The van der Waals surface area contributed by atoms with Crippen molar-refractivity contribution >= 4 is 23.9 Å². The number of esters is 2. The van der Waals surface area contributed by atoms with Crippen LogP contribution < -0.4 is 0 Å². The van der Waals surface area contributed by atoms with Crippen molar-refractivity contribution in [1.29, 1.82) is 0 Å². The topological polar surface area (TPSA) is 164 Å². The van der Waals surface area contributed by atoms with Crippen molar-refractivity contribution in [2.45, 2.75) is 181 Å². The molecule has 15 heteroatoms. The second-order valence-corrected chi connectivity index (χ2v) is 18.5. The summed E-state index contributed by atoms with van der Waals surface area (Å²) >= 11 is 0. The molecule has 5 rings (SSSR count). The van der Waals surface area contributed by atoms with E-state index < -0.39 is 90.3 Å². The molecule has 15 nitrogen and oxygen atoms in total.